The van der Waals surface area contributed by atoms with E-state index in [9.17, 15) is 14.4 Å². The SMILES string of the molecule is C.COCCN1CCN(c2ccc(C(=O)N[C@@H](CC(C)C)C(=O)N3CC[C@H]4OCC(=O)[C@H]43)cc2)CC1.S.S. The van der Waals surface area contributed by atoms with Gasteiger partial charge in [-0.05, 0) is 43.0 Å². The van der Waals surface area contributed by atoms with Crippen molar-refractivity contribution in [3.63, 3.8) is 0 Å². The maximum absolute atomic E-state index is 13.4. The van der Waals surface area contributed by atoms with E-state index in [0.717, 1.165) is 45.0 Å². The second kappa shape index (κ2) is 15.7. The Kier molecular flexibility index (Phi) is 14.2. The Bertz CT molecular complexity index is 909. The number of amides is 2. The molecule has 3 aliphatic heterocycles. The van der Waals surface area contributed by atoms with Crippen LogP contribution < -0.4 is 10.2 Å². The first-order chi connectivity index (χ1) is 16.9. The largest absolute Gasteiger partial charge is 0.383 e. The van der Waals surface area contributed by atoms with Crippen LogP contribution in [0.15, 0.2) is 24.3 Å². The summed E-state index contributed by atoms with van der Waals surface area (Å²) in [6, 6.07) is 6.40. The lowest BCUT2D eigenvalue weighted by Crippen LogP contribution is -2.52. The number of Topliss-reactive ketones (excluding diaryl/α,β-unsaturated/α-hetero) is 1. The molecule has 0 aliphatic carbocycles. The summed E-state index contributed by atoms with van der Waals surface area (Å²) in [5.41, 5.74) is 1.61. The van der Waals surface area contributed by atoms with Gasteiger partial charge in [-0.15, -0.1) is 0 Å². The van der Waals surface area contributed by atoms with Crippen LogP contribution in [0.5, 0.6) is 0 Å². The summed E-state index contributed by atoms with van der Waals surface area (Å²) in [7, 11) is 1.72. The zero-order valence-electron chi connectivity index (χ0n) is 22.1. The van der Waals surface area contributed by atoms with Crippen LogP contribution in [-0.4, -0.2) is 105 Å². The average Bonchev–Trinajstić information content (AvgIpc) is 3.45. The van der Waals surface area contributed by atoms with Gasteiger partial charge in [0, 0.05) is 57.6 Å². The molecular formula is C27H46N4O5S2. The first-order valence-electron chi connectivity index (χ1n) is 12.7. The summed E-state index contributed by atoms with van der Waals surface area (Å²) in [5, 5.41) is 2.95. The molecule has 3 fully saturated rings. The Morgan fingerprint density at radius 1 is 1.08 bits per heavy atom. The highest BCUT2D eigenvalue weighted by Crippen LogP contribution is 2.28. The highest BCUT2D eigenvalue weighted by Gasteiger charge is 2.48. The van der Waals surface area contributed by atoms with Gasteiger partial charge in [0.25, 0.3) is 5.91 Å². The van der Waals surface area contributed by atoms with Crippen LogP contribution in [0.3, 0.4) is 0 Å². The fourth-order valence-electron chi connectivity index (χ4n) is 5.25. The summed E-state index contributed by atoms with van der Waals surface area (Å²) < 4.78 is 10.7. The summed E-state index contributed by atoms with van der Waals surface area (Å²) in [6.45, 7) is 10.1. The molecule has 11 heteroatoms. The van der Waals surface area contributed by atoms with Gasteiger partial charge in [0.15, 0.2) is 5.78 Å². The number of anilines is 1. The number of hydrogen-bond donors (Lipinski definition) is 1. The van der Waals surface area contributed by atoms with Crippen molar-refractivity contribution in [1.29, 1.82) is 0 Å². The third kappa shape index (κ3) is 8.11. The number of hydrogen-bond acceptors (Lipinski definition) is 7. The molecule has 1 aromatic carbocycles. The first-order valence-corrected chi connectivity index (χ1v) is 12.7. The molecule has 0 bridgehead atoms. The van der Waals surface area contributed by atoms with E-state index in [4.69, 9.17) is 9.47 Å². The van der Waals surface area contributed by atoms with Gasteiger partial charge in [-0.25, -0.2) is 0 Å². The van der Waals surface area contributed by atoms with Crippen molar-refractivity contribution in [3.8, 4) is 0 Å². The number of ether oxygens (including phenoxy) is 2. The molecule has 0 spiro atoms. The topological polar surface area (TPSA) is 91.4 Å². The smallest absolute Gasteiger partial charge is 0.251 e. The monoisotopic (exact) mass is 570 g/mol. The van der Waals surface area contributed by atoms with E-state index in [1.807, 2.05) is 38.1 Å². The van der Waals surface area contributed by atoms with Gasteiger partial charge in [0.05, 0.1) is 12.7 Å². The lowest BCUT2D eigenvalue weighted by molar-refractivity contribution is -0.138. The number of piperazine rings is 1. The van der Waals surface area contributed by atoms with E-state index < -0.39 is 12.1 Å². The molecule has 2 amide bonds. The predicted molar refractivity (Wildman–Crippen MR) is 160 cm³/mol. The number of nitrogens with one attached hydrogen (secondary N) is 1. The second-order valence-corrected chi connectivity index (χ2v) is 10.1. The van der Waals surface area contributed by atoms with Crippen molar-refractivity contribution in [2.24, 2.45) is 5.92 Å². The maximum Gasteiger partial charge on any atom is 0.251 e. The maximum atomic E-state index is 13.4. The van der Waals surface area contributed by atoms with Crippen molar-refractivity contribution in [2.75, 3.05) is 64.5 Å². The van der Waals surface area contributed by atoms with Crippen LogP contribution in [0.1, 0.15) is 44.5 Å². The molecule has 9 nitrogen and oxygen atoms in total. The zero-order chi connectivity index (χ0) is 24.9. The lowest BCUT2D eigenvalue weighted by Gasteiger charge is -2.36. The molecule has 3 heterocycles. The van der Waals surface area contributed by atoms with Crippen molar-refractivity contribution in [3.05, 3.63) is 29.8 Å². The molecule has 4 rings (SSSR count). The number of methoxy groups -OCH3 is 1. The number of carbonyl (C=O) groups is 3. The van der Waals surface area contributed by atoms with Crippen LogP contribution in [0.2, 0.25) is 0 Å². The summed E-state index contributed by atoms with van der Waals surface area (Å²) in [4.78, 5) is 45.0. The van der Waals surface area contributed by atoms with Crippen molar-refractivity contribution < 1.29 is 23.9 Å². The lowest BCUT2D eigenvalue weighted by atomic mass is 10.0. The van der Waals surface area contributed by atoms with Gasteiger partial charge in [-0.2, -0.15) is 27.0 Å². The number of likely N-dealkylation sites (tertiary alicyclic amines) is 1. The highest BCUT2D eigenvalue weighted by molar-refractivity contribution is 7.59. The fraction of sp³-hybridized carbons (Fsp3) is 0.667. The number of nitrogens with zero attached hydrogens (tertiary/aromatic N) is 3. The molecule has 1 aromatic rings. The van der Waals surface area contributed by atoms with Gasteiger partial charge >= 0.3 is 0 Å². The normalized spacial score (nSPS) is 21.7. The molecule has 3 atom stereocenters. The summed E-state index contributed by atoms with van der Waals surface area (Å²) >= 11 is 0. The molecular weight excluding hydrogens is 524 g/mol. The molecule has 0 unspecified atom stereocenters. The van der Waals surface area contributed by atoms with Crippen molar-refractivity contribution in [2.45, 2.75) is 52.3 Å². The minimum atomic E-state index is -0.672. The zero-order valence-corrected chi connectivity index (χ0v) is 24.1. The Morgan fingerprint density at radius 3 is 2.34 bits per heavy atom. The average molecular weight is 571 g/mol. The van der Waals surface area contributed by atoms with E-state index in [1.54, 1.807) is 12.0 Å². The molecule has 3 saturated heterocycles. The van der Waals surface area contributed by atoms with Gasteiger partial charge in [-0.3, -0.25) is 19.3 Å². The molecule has 1 N–H and O–H groups in total. The molecule has 0 radical (unpaired) electrons. The Balaban J connectivity index is 0.00000241. The van der Waals surface area contributed by atoms with E-state index in [2.05, 4.69) is 15.1 Å². The summed E-state index contributed by atoms with van der Waals surface area (Å²) in [5.74, 6) is -0.306. The first kappa shape index (κ1) is 34.2. The van der Waals surface area contributed by atoms with E-state index in [-0.39, 0.29) is 70.6 Å². The van der Waals surface area contributed by atoms with Crippen LogP contribution in [-0.2, 0) is 19.1 Å². The van der Waals surface area contributed by atoms with Crippen LogP contribution in [0, 0.1) is 5.92 Å². The highest BCUT2D eigenvalue weighted by atomic mass is 32.1. The Morgan fingerprint density at radius 2 is 1.74 bits per heavy atom. The minimum absolute atomic E-state index is 0. The third-order valence-corrected chi connectivity index (χ3v) is 7.18. The van der Waals surface area contributed by atoms with Crippen molar-refractivity contribution in [1.82, 2.24) is 15.1 Å². The van der Waals surface area contributed by atoms with E-state index >= 15 is 0 Å². The Labute approximate surface area is 241 Å². The number of benzene rings is 1. The van der Waals surface area contributed by atoms with Crippen LogP contribution in [0.25, 0.3) is 0 Å². The van der Waals surface area contributed by atoms with Gasteiger partial charge in [0.2, 0.25) is 5.91 Å². The number of rotatable bonds is 9. The van der Waals surface area contributed by atoms with E-state index in [1.165, 1.54) is 0 Å². The van der Waals surface area contributed by atoms with Gasteiger partial charge < -0.3 is 24.6 Å². The van der Waals surface area contributed by atoms with Gasteiger partial charge in [0.1, 0.15) is 18.7 Å². The second-order valence-electron chi connectivity index (χ2n) is 10.1. The molecule has 3 aliphatic rings. The van der Waals surface area contributed by atoms with Crippen molar-refractivity contribution >= 4 is 50.3 Å². The molecule has 0 aromatic heterocycles. The van der Waals surface area contributed by atoms with Crippen LogP contribution in [0.4, 0.5) is 5.69 Å². The molecule has 0 saturated carbocycles. The number of carbonyl (C=O) groups excluding carboxylic acids is 3. The number of ketones is 1. The summed E-state index contributed by atoms with van der Waals surface area (Å²) in [6.07, 6.45) is 0.960. The Hall–Kier alpha value is -1.79. The quantitative estimate of drug-likeness (QED) is 0.486. The van der Waals surface area contributed by atoms with Gasteiger partial charge in [-0.1, -0.05) is 21.3 Å². The molecule has 38 heavy (non-hydrogen) atoms. The molecule has 216 valence electrons. The minimum Gasteiger partial charge on any atom is -0.383 e. The van der Waals surface area contributed by atoms with E-state index in [0.29, 0.717) is 24.9 Å². The number of fused-ring (bicyclic) bond motifs is 1. The fourth-order valence-corrected chi connectivity index (χ4v) is 5.25. The standard InChI is InChI=1S/C26H38N4O5.CH4.2H2S/c1-18(2)16-21(26(33)30-9-8-23-24(30)22(31)17-35-23)27-25(32)19-4-6-20(7-5-19)29-12-10-28(11-13-29)14-15-34-3;;;/h4-7,18,21,23-24H,8-17H2,1-3H3,(H,27,32);1H4;2*1H2/t21-,23+,24+;;;/m0.../s1. The van der Waals surface area contributed by atoms with Crippen LogP contribution >= 0.6 is 27.0 Å². The third-order valence-electron chi connectivity index (χ3n) is 7.18. The predicted octanol–water partition coefficient (Wildman–Crippen LogP) is 2.03.